The molecule has 0 spiro atoms. The fraction of sp³-hybridized carbons (Fsp3) is 0.200. The maximum Gasteiger partial charge on any atom is 0.291 e. The standard InChI is InChI=1S/C25H26N2O2/c1-18-16-21(27(2)3)17-22(20-12-8-5-9-13-20)24(18)26-25(29)23(28)15-14-19-10-6-4-7-11-19/h4-13,16-17H,14-15H2,1-3H3,(H,26,29). The molecule has 1 amide bonds. The number of nitrogens with one attached hydrogen (secondary N) is 1. The van der Waals surface area contributed by atoms with Gasteiger partial charge in [0.15, 0.2) is 0 Å². The highest BCUT2D eigenvalue weighted by Gasteiger charge is 2.18. The van der Waals surface area contributed by atoms with Gasteiger partial charge in [-0.25, -0.2) is 0 Å². The Labute approximate surface area is 172 Å². The summed E-state index contributed by atoms with van der Waals surface area (Å²) < 4.78 is 0. The number of ketones is 1. The smallest absolute Gasteiger partial charge is 0.291 e. The van der Waals surface area contributed by atoms with Crippen LogP contribution in [0.5, 0.6) is 0 Å². The van der Waals surface area contributed by atoms with Crippen LogP contribution in [0.4, 0.5) is 11.4 Å². The molecular weight excluding hydrogens is 360 g/mol. The third-order valence-electron chi connectivity index (χ3n) is 4.90. The minimum atomic E-state index is -0.571. The number of anilines is 2. The molecule has 0 saturated carbocycles. The summed E-state index contributed by atoms with van der Waals surface area (Å²) in [7, 11) is 3.96. The average Bonchev–Trinajstić information content (AvgIpc) is 2.74. The number of benzene rings is 3. The van der Waals surface area contributed by atoms with E-state index in [-0.39, 0.29) is 6.42 Å². The van der Waals surface area contributed by atoms with Crippen LogP contribution < -0.4 is 10.2 Å². The lowest BCUT2D eigenvalue weighted by atomic mass is 9.98. The van der Waals surface area contributed by atoms with Crippen molar-refractivity contribution in [2.75, 3.05) is 24.3 Å². The SMILES string of the molecule is Cc1cc(N(C)C)cc(-c2ccccc2)c1NC(=O)C(=O)CCc1ccccc1. The largest absolute Gasteiger partial charge is 0.378 e. The second kappa shape index (κ2) is 9.20. The van der Waals surface area contributed by atoms with Crippen LogP contribution in [-0.2, 0) is 16.0 Å². The number of carbonyl (C=O) groups is 2. The summed E-state index contributed by atoms with van der Waals surface area (Å²) >= 11 is 0. The van der Waals surface area contributed by atoms with Gasteiger partial charge in [0, 0.05) is 31.8 Å². The second-order valence-corrected chi connectivity index (χ2v) is 7.31. The summed E-state index contributed by atoms with van der Waals surface area (Å²) in [5.74, 6) is -0.984. The summed E-state index contributed by atoms with van der Waals surface area (Å²) in [5, 5.41) is 2.87. The monoisotopic (exact) mass is 386 g/mol. The Balaban J connectivity index is 1.84. The quantitative estimate of drug-likeness (QED) is 0.590. The van der Waals surface area contributed by atoms with E-state index in [1.54, 1.807) is 0 Å². The molecule has 29 heavy (non-hydrogen) atoms. The van der Waals surface area contributed by atoms with Crippen LogP contribution in [0.3, 0.4) is 0 Å². The number of Topliss-reactive ketones (excluding diaryl/α,β-unsaturated/α-hetero) is 1. The third-order valence-corrected chi connectivity index (χ3v) is 4.90. The Morgan fingerprint density at radius 2 is 1.52 bits per heavy atom. The minimum Gasteiger partial charge on any atom is -0.378 e. The fourth-order valence-electron chi connectivity index (χ4n) is 3.24. The third kappa shape index (κ3) is 5.11. The van der Waals surface area contributed by atoms with Crippen molar-refractivity contribution in [2.24, 2.45) is 0 Å². The molecule has 148 valence electrons. The van der Waals surface area contributed by atoms with Crippen molar-refractivity contribution in [1.29, 1.82) is 0 Å². The van der Waals surface area contributed by atoms with Gasteiger partial charge >= 0.3 is 0 Å². The lowest BCUT2D eigenvalue weighted by Gasteiger charge is -2.20. The number of carbonyl (C=O) groups excluding carboxylic acids is 2. The molecule has 0 aromatic heterocycles. The van der Waals surface area contributed by atoms with E-state index in [1.807, 2.05) is 98.7 Å². The maximum absolute atomic E-state index is 12.6. The van der Waals surface area contributed by atoms with Crippen molar-refractivity contribution in [3.05, 3.63) is 83.9 Å². The second-order valence-electron chi connectivity index (χ2n) is 7.31. The Kier molecular flexibility index (Phi) is 6.45. The van der Waals surface area contributed by atoms with Gasteiger partial charge in [0.05, 0.1) is 5.69 Å². The molecule has 0 fully saturated rings. The van der Waals surface area contributed by atoms with E-state index in [4.69, 9.17) is 0 Å². The molecule has 3 rings (SSSR count). The van der Waals surface area contributed by atoms with Crippen molar-refractivity contribution in [2.45, 2.75) is 19.8 Å². The van der Waals surface area contributed by atoms with E-state index in [0.717, 1.165) is 27.9 Å². The highest BCUT2D eigenvalue weighted by atomic mass is 16.2. The summed E-state index contributed by atoms with van der Waals surface area (Å²) in [6.45, 7) is 1.95. The van der Waals surface area contributed by atoms with Gasteiger partial charge in [-0.05, 0) is 42.2 Å². The lowest BCUT2D eigenvalue weighted by Crippen LogP contribution is -2.24. The molecule has 0 radical (unpaired) electrons. The Morgan fingerprint density at radius 1 is 0.897 bits per heavy atom. The predicted molar refractivity (Wildman–Crippen MR) is 119 cm³/mol. The number of nitrogens with zero attached hydrogens (tertiary/aromatic N) is 1. The molecule has 0 heterocycles. The molecule has 0 saturated heterocycles. The maximum atomic E-state index is 12.6. The normalized spacial score (nSPS) is 10.4. The summed E-state index contributed by atoms with van der Waals surface area (Å²) in [4.78, 5) is 27.1. The molecule has 0 aliphatic rings. The Bertz CT molecular complexity index is 996. The van der Waals surface area contributed by atoms with E-state index in [0.29, 0.717) is 12.1 Å². The molecular formula is C25H26N2O2. The topological polar surface area (TPSA) is 49.4 Å². The van der Waals surface area contributed by atoms with Crippen LogP contribution in [0.25, 0.3) is 11.1 Å². The van der Waals surface area contributed by atoms with Gasteiger partial charge in [-0.1, -0.05) is 60.7 Å². The first kappa shape index (κ1) is 20.3. The summed E-state index contributed by atoms with van der Waals surface area (Å²) in [6, 6.07) is 23.6. The molecule has 0 unspecified atom stereocenters. The molecule has 0 atom stereocenters. The van der Waals surface area contributed by atoms with Crippen molar-refractivity contribution in [1.82, 2.24) is 0 Å². The van der Waals surface area contributed by atoms with Gasteiger partial charge in [0.1, 0.15) is 0 Å². The first-order chi connectivity index (χ1) is 14.0. The van der Waals surface area contributed by atoms with Crippen LogP contribution in [-0.4, -0.2) is 25.8 Å². The Hall–Kier alpha value is -3.40. The molecule has 1 N–H and O–H groups in total. The van der Waals surface area contributed by atoms with Gasteiger partial charge in [-0.2, -0.15) is 0 Å². The first-order valence-corrected chi connectivity index (χ1v) is 9.71. The van der Waals surface area contributed by atoms with Crippen molar-refractivity contribution in [3.8, 4) is 11.1 Å². The highest BCUT2D eigenvalue weighted by Crippen LogP contribution is 2.35. The van der Waals surface area contributed by atoms with E-state index >= 15 is 0 Å². The number of amides is 1. The zero-order valence-corrected chi connectivity index (χ0v) is 17.1. The molecule has 3 aromatic rings. The molecule has 4 nitrogen and oxygen atoms in total. The van der Waals surface area contributed by atoms with Crippen LogP contribution in [0.2, 0.25) is 0 Å². The van der Waals surface area contributed by atoms with E-state index in [1.165, 1.54) is 0 Å². The summed E-state index contributed by atoms with van der Waals surface area (Å²) in [6.07, 6.45) is 0.739. The van der Waals surface area contributed by atoms with Crippen LogP contribution in [0, 0.1) is 6.92 Å². The van der Waals surface area contributed by atoms with Gasteiger partial charge < -0.3 is 10.2 Å². The molecule has 4 heteroatoms. The van der Waals surface area contributed by atoms with Gasteiger partial charge in [0.25, 0.3) is 5.91 Å². The number of aryl methyl sites for hydroxylation is 2. The highest BCUT2D eigenvalue weighted by molar-refractivity contribution is 6.41. The zero-order chi connectivity index (χ0) is 20.8. The van der Waals surface area contributed by atoms with Crippen molar-refractivity contribution < 1.29 is 9.59 Å². The van der Waals surface area contributed by atoms with Gasteiger partial charge in [-0.3, -0.25) is 9.59 Å². The zero-order valence-electron chi connectivity index (χ0n) is 17.1. The summed E-state index contributed by atoms with van der Waals surface area (Å²) in [5.41, 5.74) is 5.57. The number of rotatable bonds is 7. The van der Waals surface area contributed by atoms with E-state index in [2.05, 4.69) is 5.32 Å². The van der Waals surface area contributed by atoms with E-state index in [9.17, 15) is 9.59 Å². The number of hydrogen-bond acceptors (Lipinski definition) is 3. The van der Waals surface area contributed by atoms with Crippen molar-refractivity contribution >= 4 is 23.1 Å². The van der Waals surface area contributed by atoms with Gasteiger partial charge in [-0.15, -0.1) is 0 Å². The predicted octanol–water partition coefficient (Wildman–Crippen LogP) is 4.87. The Morgan fingerprint density at radius 3 is 2.14 bits per heavy atom. The van der Waals surface area contributed by atoms with Crippen molar-refractivity contribution in [3.63, 3.8) is 0 Å². The van der Waals surface area contributed by atoms with Crippen LogP contribution >= 0.6 is 0 Å². The number of hydrogen-bond donors (Lipinski definition) is 1. The molecule has 0 bridgehead atoms. The molecule has 0 aliphatic heterocycles. The lowest BCUT2D eigenvalue weighted by molar-refractivity contribution is -0.134. The average molecular weight is 386 g/mol. The van der Waals surface area contributed by atoms with E-state index < -0.39 is 11.7 Å². The first-order valence-electron chi connectivity index (χ1n) is 9.71. The molecule has 0 aliphatic carbocycles. The minimum absolute atomic E-state index is 0.186. The van der Waals surface area contributed by atoms with Gasteiger partial charge in [0.2, 0.25) is 5.78 Å². The van der Waals surface area contributed by atoms with Crippen LogP contribution in [0.1, 0.15) is 17.5 Å². The van der Waals surface area contributed by atoms with Crippen LogP contribution in [0.15, 0.2) is 72.8 Å². The molecule has 3 aromatic carbocycles. The fourth-order valence-corrected chi connectivity index (χ4v) is 3.24.